The molecule has 1 aromatic carbocycles. The lowest BCUT2D eigenvalue weighted by molar-refractivity contribution is 0.0524. The summed E-state index contributed by atoms with van der Waals surface area (Å²) in [4.78, 5) is 29.7. The number of rotatable bonds is 5. The Morgan fingerprint density at radius 1 is 1.21 bits per heavy atom. The number of carbonyl (C=O) groups is 1. The van der Waals surface area contributed by atoms with Crippen LogP contribution in [0, 0.1) is 5.92 Å². The maximum atomic E-state index is 12.9. The van der Waals surface area contributed by atoms with Crippen LogP contribution in [-0.4, -0.2) is 22.1 Å². The fourth-order valence-electron chi connectivity index (χ4n) is 4.15. The van der Waals surface area contributed by atoms with E-state index < -0.39 is 5.97 Å². The van der Waals surface area contributed by atoms with E-state index >= 15 is 0 Å². The number of hydrogen-bond donors (Lipinski definition) is 0. The van der Waals surface area contributed by atoms with Crippen molar-refractivity contribution in [2.24, 2.45) is 5.92 Å². The van der Waals surface area contributed by atoms with Crippen LogP contribution in [0.2, 0.25) is 0 Å². The molecule has 0 radical (unpaired) electrons. The second-order valence-electron chi connectivity index (χ2n) is 7.34. The van der Waals surface area contributed by atoms with Gasteiger partial charge in [-0.3, -0.25) is 4.79 Å². The minimum Gasteiger partial charge on any atom is -0.462 e. The molecule has 4 rings (SSSR count). The predicted octanol–water partition coefficient (Wildman–Crippen LogP) is 3.55. The summed E-state index contributed by atoms with van der Waals surface area (Å²) in [6.45, 7) is 4.55. The van der Waals surface area contributed by atoms with Crippen molar-refractivity contribution in [2.45, 2.75) is 39.7 Å². The highest BCUT2D eigenvalue weighted by molar-refractivity contribution is 5.93. The molecular weight excluding hydrogens is 352 g/mol. The summed E-state index contributed by atoms with van der Waals surface area (Å²) in [5.41, 5.74) is 4.24. The number of fused-ring (bicyclic) bond motifs is 2. The number of aromatic nitrogens is 2. The van der Waals surface area contributed by atoms with Crippen LogP contribution in [-0.2, 0) is 30.5 Å². The SMILES string of the molecule is CCOC(=O)c1cn(CC)c2ncc(CC3Cc4ccccc4C3)cc2c1=O. The van der Waals surface area contributed by atoms with Crippen molar-refractivity contribution in [1.82, 2.24) is 9.55 Å². The zero-order chi connectivity index (χ0) is 19.7. The van der Waals surface area contributed by atoms with E-state index in [0.29, 0.717) is 23.5 Å². The lowest BCUT2D eigenvalue weighted by atomic mass is 9.97. The molecule has 0 atom stereocenters. The smallest absolute Gasteiger partial charge is 0.343 e. The Kier molecular flexibility index (Phi) is 4.99. The van der Waals surface area contributed by atoms with Crippen molar-refractivity contribution >= 4 is 17.0 Å². The molecule has 1 aliphatic rings. The number of carbonyl (C=O) groups excluding carboxylic acids is 1. The first kappa shape index (κ1) is 18.4. The Morgan fingerprint density at radius 3 is 2.57 bits per heavy atom. The molecule has 0 saturated carbocycles. The lowest BCUT2D eigenvalue weighted by Gasteiger charge is -2.13. The summed E-state index contributed by atoms with van der Waals surface area (Å²) in [6, 6.07) is 10.5. The van der Waals surface area contributed by atoms with Gasteiger partial charge in [0, 0.05) is 18.9 Å². The van der Waals surface area contributed by atoms with Crippen LogP contribution in [0.25, 0.3) is 11.0 Å². The quantitative estimate of drug-likeness (QED) is 0.639. The number of aryl methyl sites for hydroxylation is 1. The van der Waals surface area contributed by atoms with Crippen molar-refractivity contribution in [2.75, 3.05) is 6.61 Å². The van der Waals surface area contributed by atoms with Crippen molar-refractivity contribution in [1.29, 1.82) is 0 Å². The summed E-state index contributed by atoms with van der Waals surface area (Å²) >= 11 is 0. The van der Waals surface area contributed by atoms with E-state index in [4.69, 9.17) is 4.74 Å². The van der Waals surface area contributed by atoms with E-state index in [1.807, 2.05) is 23.8 Å². The average Bonchev–Trinajstić information content (AvgIpc) is 3.11. The second-order valence-corrected chi connectivity index (χ2v) is 7.34. The van der Waals surface area contributed by atoms with Crippen molar-refractivity contribution < 1.29 is 9.53 Å². The fraction of sp³-hybridized carbons (Fsp3) is 0.348. The first-order valence-electron chi connectivity index (χ1n) is 9.86. The van der Waals surface area contributed by atoms with E-state index in [-0.39, 0.29) is 17.6 Å². The van der Waals surface area contributed by atoms with Crippen LogP contribution in [0.5, 0.6) is 0 Å². The monoisotopic (exact) mass is 376 g/mol. The highest BCUT2D eigenvalue weighted by Gasteiger charge is 2.22. The summed E-state index contributed by atoms with van der Waals surface area (Å²) in [5.74, 6) is -0.0634. The molecule has 5 heteroatoms. The van der Waals surface area contributed by atoms with Crippen LogP contribution in [0.4, 0.5) is 0 Å². The van der Waals surface area contributed by atoms with Crippen LogP contribution >= 0.6 is 0 Å². The summed E-state index contributed by atoms with van der Waals surface area (Å²) in [7, 11) is 0. The van der Waals surface area contributed by atoms with Crippen molar-refractivity contribution in [3.05, 3.63) is 75.2 Å². The predicted molar refractivity (Wildman–Crippen MR) is 109 cm³/mol. The molecule has 1 aliphatic carbocycles. The van der Waals surface area contributed by atoms with Gasteiger partial charge in [-0.15, -0.1) is 0 Å². The number of benzene rings is 1. The van der Waals surface area contributed by atoms with Crippen LogP contribution in [0.1, 0.15) is 40.9 Å². The number of nitrogens with zero attached hydrogens (tertiary/aromatic N) is 2. The Labute approximate surface area is 164 Å². The Hall–Kier alpha value is -2.95. The van der Waals surface area contributed by atoms with Gasteiger partial charge >= 0.3 is 5.97 Å². The molecule has 0 spiro atoms. The Bertz CT molecular complexity index is 1080. The number of esters is 1. The summed E-state index contributed by atoms with van der Waals surface area (Å²) in [5, 5.41) is 0.486. The standard InChI is InChI=1S/C23H24N2O3/c1-3-25-14-20(23(27)28-4-2)21(26)19-12-16(13-24-22(19)25)9-15-10-17-7-5-6-8-18(17)11-15/h5-8,12-15H,3-4,9-11H2,1-2H3. The molecule has 2 heterocycles. The minimum atomic E-state index is -0.576. The molecule has 144 valence electrons. The van der Waals surface area contributed by atoms with Gasteiger partial charge in [-0.05, 0) is 61.8 Å². The van der Waals surface area contributed by atoms with Crippen LogP contribution in [0.3, 0.4) is 0 Å². The summed E-state index contributed by atoms with van der Waals surface area (Å²) in [6.07, 6.45) is 6.39. The molecule has 0 bridgehead atoms. The number of hydrogen-bond acceptors (Lipinski definition) is 4. The van der Waals surface area contributed by atoms with Gasteiger partial charge < -0.3 is 9.30 Å². The highest BCUT2D eigenvalue weighted by atomic mass is 16.5. The van der Waals surface area contributed by atoms with Gasteiger partial charge in [-0.25, -0.2) is 9.78 Å². The Balaban J connectivity index is 1.69. The topological polar surface area (TPSA) is 61.2 Å². The third kappa shape index (κ3) is 3.33. The molecule has 0 saturated heterocycles. The van der Waals surface area contributed by atoms with Gasteiger partial charge in [0.25, 0.3) is 0 Å². The zero-order valence-electron chi connectivity index (χ0n) is 16.3. The van der Waals surface area contributed by atoms with E-state index in [0.717, 1.165) is 24.8 Å². The third-order valence-corrected chi connectivity index (χ3v) is 5.47. The molecule has 28 heavy (non-hydrogen) atoms. The van der Waals surface area contributed by atoms with E-state index in [9.17, 15) is 9.59 Å². The minimum absolute atomic E-state index is 0.0726. The molecule has 0 N–H and O–H groups in total. The second kappa shape index (κ2) is 7.58. The first-order valence-corrected chi connectivity index (χ1v) is 9.86. The molecular formula is C23H24N2O3. The summed E-state index contributed by atoms with van der Waals surface area (Å²) < 4.78 is 6.89. The van der Waals surface area contributed by atoms with Crippen molar-refractivity contribution in [3.63, 3.8) is 0 Å². The van der Waals surface area contributed by atoms with Gasteiger partial charge in [0.05, 0.1) is 12.0 Å². The van der Waals surface area contributed by atoms with Gasteiger partial charge in [-0.1, -0.05) is 24.3 Å². The van der Waals surface area contributed by atoms with Crippen molar-refractivity contribution in [3.8, 4) is 0 Å². The number of pyridine rings is 2. The van der Waals surface area contributed by atoms with Crippen LogP contribution < -0.4 is 5.43 Å². The largest absolute Gasteiger partial charge is 0.462 e. The van der Waals surface area contributed by atoms with Gasteiger partial charge in [0.2, 0.25) is 5.43 Å². The molecule has 2 aromatic heterocycles. The molecule has 0 unspecified atom stereocenters. The normalized spacial score (nSPS) is 13.6. The van der Waals surface area contributed by atoms with Gasteiger partial charge in [-0.2, -0.15) is 0 Å². The maximum Gasteiger partial charge on any atom is 0.343 e. The average molecular weight is 376 g/mol. The van der Waals surface area contributed by atoms with E-state index in [1.165, 1.54) is 11.1 Å². The van der Waals surface area contributed by atoms with Gasteiger partial charge in [0.15, 0.2) is 0 Å². The molecule has 5 nitrogen and oxygen atoms in total. The molecule has 0 fully saturated rings. The van der Waals surface area contributed by atoms with Crippen LogP contribution in [0.15, 0.2) is 47.5 Å². The fourth-order valence-corrected chi connectivity index (χ4v) is 4.15. The molecule has 0 aliphatic heterocycles. The molecule has 3 aromatic rings. The maximum absolute atomic E-state index is 12.9. The first-order chi connectivity index (χ1) is 13.6. The highest BCUT2D eigenvalue weighted by Crippen LogP contribution is 2.29. The van der Waals surface area contributed by atoms with Gasteiger partial charge in [0.1, 0.15) is 11.2 Å². The number of ether oxygens (including phenoxy) is 1. The van der Waals surface area contributed by atoms with E-state index in [2.05, 4.69) is 29.2 Å². The Morgan fingerprint density at radius 2 is 1.93 bits per heavy atom. The third-order valence-electron chi connectivity index (χ3n) is 5.47. The van der Waals surface area contributed by atoms with E-state index in [1.54, 1.807) is 13.1 Å². The zero-order valence-corrected chi connectivity index (χ0v) is 16.3. The lowest BCUT2D eigenvalue weighted by Crippen LogP contribution is -2.21. The molecule has 0 amide bonds.